The van der Waals surface area contributed by atoms with Gasteiger partial charge < -0.3 is 27.8 Å². The third-order valence-electron chi connectivity index (χ3n) is 14.6. The molecule has 330 valence electrons. The second kappa shape index (κ2) is 17.3. The van der Waals surface area contributed by atoms with Gasteiger partial charge in [-0.3, -0.25) is 19.2 Å². The average molecular weight is 859 g/mol. The van der Waals surface area contributed by atoms with E-state index in [-0.39, 0.29) is 22.4 Å². The van der Waals surface area contributed by atoms with Gasteiger partial charge in [-0.05, 0) is 125 Å². The van der Waals surface area contributed by atoms with Crippen LogP contribution in [0.3, 0.4) is 0 Å². The molecule has 4 aromatic carbocycles. The lowest BCUT2D eigenvalue weighted by Crippen LogP contribution is -2.38. The molecule has 0 saturated heterocycles. The minimum absolute atomic E-state index is 0.0326. The first-order valence-corrected chi connectivity index (χ1v) is 23.6. The first-order chi connectivity index (χ1) is 31.2. The molecule has 0 aliphatic heterocycles. The van der Waals surface area contributed by atoms with Crippen molar-refractivity contribution in [3.63, 3.8) is 0 Å². The molecule has 10 nitrogen and oxygen atoms in total. The molecular formula is C54H58N4O6. The number of aromatic nitrogens is 2. The average Bonchev–Trinajstić information content (AvgIpc) is 4.00. The summed E-state index contributed by atoms with van der Waals surface area (Å²) in [6, 6.07) is 20.3. The van der Waals surface area contributed by atoms with Gasteiger partial charge in [-0.1, -0.05) is 33.1 Å². The molecule has 4 aliphatic rings. The standard InChI is InChI=1S/C26H26N2O3.C25H24N2O3.C3H8/c1-27(16-4-2-5-16)13-3-14-28-20-9-6-17-18(8-11-22(17)29)24(20)25-21(28)10-7-19-23(30)12-15-31-26(19)25;1-26(15-3-2-4-15)12-13-27-19-8-5-16-17(7-10-21(16)28)23(19)24-20(27)9-6-18-22(29)11-14-30-25(18)24;1-3-2/h6-7,9-10,12,15-16H,2-5,8,11,13-14H2,1H3;5-6,8-9,11,14-15H,2-4,7,10,12-13H2,1H3;3H2,1-2H3. The normalized spacial score (nSPS) is 16.2. The van der Waals surface area contributed by atoms with Gasteiger partial charge in [0.15, 0.2) is 22.4 Å². The number of aryl methyl sites for hydroxylation is 3. The van der Waals surface area contributed by atoms with Crippen LogP contribution in [0.1, 0.15) is 110 Å². The van der Waals surface area contributed by atoms with Crippen LogP contribution in [0.5, 0.6) is 0 Å². The van der Waals surface area contributed by atoms with Gasteiger partial charge in [-0.15, -0.1) is 0 Å². The molecular weight excluding hydrogens is 801 g/mol. The van der Waals surface area contributed by atoms with Gasteiger partial charge in [0.1, 0.15) is 11.2 Å². The molecule has 0 atom stereocenters. The molecule has 0 spiro atoms. The van der Waals surface area contributed by atoms with Crippen LogP contribution in [0.4, 0.5) is 0 Å². The first-order valence-electron chi connectivity index (χ1n) is 23.6. The minimum atomic E-state index is -0.0348. The van der Waals surface area contributed by atoms with Crippen molar-refractivity contribution in [3.05, 3.63) is 116 Å². The van der Waals surface area contributed by atoms with Crippen molar-refractivity contribution in [1.29, 1.82) is 0 Å². The topological polar surface area (TPSA) is 111 Å². The van der Waals surface area contributed by atoms with E-state index in [9.17, 15) is 19.2 Å². The van der Waals surface area contributed by atoms with Crippen LogP contribution in [0.25, 0.3) is 65.6 Å². The second-order valence-corrected chi connectivity index (χ2v) is 18.6. The monoisotopic (exact) mass is 858 g/mol. The van der Waals surface area contributed by atoms with Crippen molar-refractivity contribution < 1.29 is 18.4 Å². The molecule has 2 saturated carbocycles. The van der Waals surface area contributed by atoms with Crippen molar-refractivity contribution in [2.45, 2.75) is 116 Å². The predicted octanol–water partition coefficient (Wildman–Crippen LogP) is 10.8. The number of likely N-dealkylation sites (N-methyl/N-ethyl adjacent to an activating group) is 1. The number of carbonyl (C=O) groups excluding carboxylic acids is 2. The number of Topliss-reactive ketones (excluding diaryl/α,β-unsaturated/α-hetero) is 2. The molecule has 0 unspecified atom stereocenters. The largest absolute Gasteiger partial charge is 0.463 e. The van der Waals surface area contributed by atoms with Crippen molar-refractivity contribution in [3.8, 4) is 0 Å². The Balaban J connectivity index is 0.000000143. The van der Waals surface area contributed by atoms with E-state index in [0.717, 1.165) is 117 Å². The summed E-state index contributed by atoms with van der Waals surface area (Å²) in [5.74, 6) is 0.417. The van der Waals surface area contributed by atoms with Gasteiger partial charge in [0, 0.05) is 89.6 Å². The lowest BCUT2D eigenvalue weighted by atomic mass is 9.92. The summed E-state index contributed by atoms with van der Waals surface area (Å²) in [6.07, 6.45) is 15.8. The fourth-order valence-corrected chi connectivity index (χ4v) is 10.8. The van der Waals surface area contributed by atoms with Crippen molar-refractivity contribution in [1.82, 2.24) is 18.9 Å². The molecule has 8 aromatic rings. The van der Waals surface area contributed by atoms with Crippen LogP contribution < -0.4 is 10.9 Å². The van der Waals surface area contributed by atoms with Gasteiger partial charge >= 0.3 is 0 Å². The van der Waals surface area contributed by atoms with Crippen LogP contribution in [-0.2, 0) is 25.9 Å². The molecule has 4 aromatic heterocycles. The quantitative estimate of drug-likeness (QED) is 0.141. The summed E-state index contributed by atoms with van der Waals surface area (Å²) in [7, 11) is 4.44. The van der Waals surface area contributed by atoms with E-state index in [1.807, 2.05) is 36.4 Å². The van der Waals surface area contributed by atoms with Crippen LogP contribution in [-0.4, -0.2) is 69.8 Å². The van der Waals surface area contributed by atoms with E-state index in [1.54, 1.807) is 0 Å². The number of carbonyl (C=O) groups is 2. The fraction of sp³-hybridized carbons (Fsp3) is 0.407. The zero-order valence-corrected chi connectivity index (χ0v) is 37.6. The van der Waals surface area contributed by atoms with Crippen LogP contribution in [0.15, 0.2) is 91.6 Å². The lowest BCUT2D eigenvalue weighted by Gasteiger charge is -2.34. The highest BCUT2D eigenvalue weighted by atomic mass is 16.3. The van der Waals surface area contributed by atoms with Gasteiger partial charge in [0.25, 0.3) is 0 Å². The maximum absolute atomic E-state index is 12.5. The Hall–Kier alpha value is -5.84. The number of ketones is 2. The number of fused-ring (bicyclic) bond motifs is 14. The SMILES string of the molecule is CCC.CN(CCCn1c2ccc3c(c2c2c4occc(=O)c4ccc21)CCC3=O)C1CCC1.CN(CCn1c2ccc3c(c2c2c4occc(=O)c4ccc21)CCC3=O)C1CCC1. The van der Waals surface area contributed by atoms with E-state index >= 15 is 0 Å². The molecule has 0 bridgehead atoms. The van der Waals surface area contributed by atoms with Gasteiger partial charge in [0.05, 0.1) is 45.1 Å². The molecule has 12 rings (SSSR count). The first kappa shape index (κ1) is 42.1. The van der Waals surface area contributed by atoms with Crippen LogP contribution >= 0.6 is 0 Å². The smallest absolute Gasteiger partial charge is 0.192 e. The molecule has 2 fully saturated rings. The number of hydrogen-bond donors (Lipinski definition) is 0. The zero-order chi connectivity index (χ0) is 44.2. The maximum atomic E-state index is 12.5. The molecule has 4 aliphatic carbocycles. The second-order valence-electron chi connectivity index (χ2n) is 18.6. The molecule has 64 heavy (non-hydrogen) atoms. The number of hydrogen-bond acceptors (Lipinski definition) is 8. The van der Waals surface area contributed by atoms with Gasteiger partial charge in [0.2, 0.25) is 0 Å². The highest BCUT2D eigenvalue weighted by molar-refractivity contribution is 6.23. The van der Waals surface area contributed by atoms with Crippen molar-refractivity contribution >= 4 is 77.1 Å². The van der Waals surface area contributed by atoms with Crippen molar-refractivity contribution in [2.75, 3.05) is 27.2 Å². The van der Waals surface area contributed by atoms with Gasteiger partial charge in [-0.2, -0.15) is 0 Å². The third-order valence-corrected chi connectivity index (χ3v) is 14.6. The number of nitrogens with zero attached hydrogens (tertiary/aromatic N) is 4. The molecule has 0 radical (unpaired) electrons. The highest BCUT2D eigenvalue weighted by Crippen LogP contribution is 2.42. The number of benzene rings is 4. The lowest BCUT2D eigenvalue weighted by molar-refractivity contribution is 0.0986. The van der Waals surface area contributed by atoms with E-state index in [4.69, 9.17) is 8.83 Å². The van der Waals surface area contributed by atoms with E-state index in [2.05, 4.69) is 59.0 Å². The number of rotatable bonds is 9. The van der Waals surface area contributed by atoms with Crippen LogP contribution in [0, 0.1) is 0 Å². The molecule has 0 amide bonds. The van der Waals surface area contributed by atoms with E-state index in [1.165, 1.54) is 69.6 Å². The predicted molar refractivity (Wildman–Crippen MR) is 257 cm³/mol. The Kier molecular flexibility index (Phi) is 11.4. The fourth-order valence-electron chi connectivity index (χ4n) is 10.8. The summed E-state index contributed by atoms with van der Waals surface area (Å²) in [4.78, 5) is 54.7. The Morgan fingerprint density at radius 2 is 0.953 bits per heavy atom. The van der Waals surface area contributed by atoms with Crippen LogP contribution in [0.2, 0.25) is 0 Å². The molecule has 10 heteroatoms. The van der Waals surface area contributed by atoms with E-state index < -0.39 is 0 Å². The highest BCUT2D eigenvalue weighted by Gasteiger charge is 2.29. The van der Waals surface area contributed by atoms with Gasteiger partial charge in [-0.25, -0.2) is 0 Å². The zero-order valence-electron chi connectivity index (χ0n) is 37.6. The summed E-state index contributed by atoms with van der Waals surface area (Å²) < 4.78 is 16.5. The molecule has 4 heterocycles. The summed E-state index contributed by atoms with van der Waals surface area (Å²) in [5.41, 5.74) is 9.46. The Morgan fingerprint density at radius 3 is 1.41 bits per heavy atom. The maximum Gasteiger partial charge on any atom is 0.192 e. The molecule has 0 N–H and O–H groups in total. The minimum Gasteiger partial charge on any atom is -0.463 e. The summed E-state index contributed by atoms with van der Waals surface area (Å²) in [6.45, 7) is 8.04. The Bertz CT molecular complexity index is 3250. The van der Waals surface area contributed by atoms with E-state index in [0.29, 0.717) is 40.8 Å². The summed E-state index contributed by atoms with van der Waals surface area (Å²) >= 11 is 0. The Labute approximate surface area is 372 Å². The van der Waals surface area contributed by atoms with Crippen molar-refractivity contribution in [2.24, 2.45) is 0 Å². The summed E-state index contributed by atoms with van der Waals surface area (Å²) in [5, 5.41) is 5.31. The Morgan fingerprint density at radius 1 is 0.531 bits per heavy atom. The third kappa shape index (κ3) is 7.10.